The molecule has 1 unspecified atom stereocenters. The molecule has 1 N–H and O–H groups in total. The molecule has 3 heteroatoms. The quantitative estimate of drug-likeness (QED) is 0.840. The predicted molar refractivity (Wildman–Crippen MR) is 79.0 cm³/mol. The molecule has 0 aliphatic heterocycles. The molecule has 2 aromatic carbocycles. The Hall–Kier alpha value is -2.16. The fraction of sp³-hybridized carbons (Fsp3) is 0.294. The van der Waals surface area contributed by atoms with Crippen molar-refractivity contribution in [1.29, 1.82) is 0 Å². The molecule has 0 fully saturated rings. The number of fused-ring (bicyclic) bond motifs is 1. The highest BCUT2D eigenvalue weighted by Gasteiger charge is 2.16. The van der Waals surface area contributed by atoms with E-state index in [-0.39, 0.29) is 24.5 Å². The first-order valence-electron chi connectivity index (χ1n) is 6.72. The maximum absolute atomic E-state index is 12.4. The van der Waals surface area contributed by atoms with Crippen molar-refractivity contribution in [1.82, 2.24) is 0 Å². The van der Waals surface area contributed by atoms with Gasteiger partial charge in [-0.1, -0.05) is 43.3 Å². The first-order valence-corrected chi connectivity index (χ1v) is 6.72. The van der Waals surface area contributed by atoms with Crippen molar-refractivity contribution in [3.63, 3.8) is 0 Å². The van der Waals surface area contributed by atoms with Gasteiger partial charge in [-0.05, 0) is 29.2 Å². The van der Waals surface area contributed by atoms with Crippen LogP contribution >= 0.6 is 0 Å². The lowest BCUT2D eigenvalue weighted by Gasteiger charge is -2.11. The number of rotatable bonds is 5. The highest BCUT2D eigenvalue weighted by Crippen LogP contribution is 2.24. The van der Waals surface area contributed by atoms with Gasteiger partial charge in [-0.25, -0.2) is 0 Å². The average molecular weight is 270 g/mol. The van der Waals surface area contributed by atoms with Gasteiger partial charge in [0.15, 0.2) is 5.78 Å². The van der Waals surface area contributed by atoms with Crippen molar-refractivity contribution in [2.24, 2.45) is 5.92 Å². The molecule has 0 spiro atoms. The third kappa shape index (κ3) is 3.05. The van der Waals surface area contributed by atoms with Gasteiger partial charge in [-0.15, -0.1) is 0 Å². The van der Waals surface area contributed by atoms with E-state index < -0.39 is 5.97 Å². The Kier molecular flexibility index (Phi) is 4.18. The summed E-state index contributed by atoms with van der Waals surface area (Å²) >= 11 is 0. The minimum Gasteiger partial charge on any atom is -0.481 e. The standard InChI is InChI=1S/C17H18O3/c1-11(10-17(19)20)9-16(18)15-8-7-12(2)13-5-3-4-6-14(13)15/h3-8,11H,9-10H2,1-2H3,(H,19,20). The van der Waals surface area contributed by atoms with Crippen LogP contribution in [0.2, 0.25) is 0 Å². The Bertz CT molecular complexity index is 658. The number of carbonyl (C=O) groups is 2. The lowest BCUT2D eigenvalue weighted by atomic mass is 9.92. The van der Waals surface area contributed by atoms with Gasteiger partial charge in [0.2, 0.25) is 0 Å². The van der Waals surface area contributed by atoms with Crippen LogP contribution in [0.1, 0.15) is 35.7 Å². The SMILES string of the molecule is Cc1ccc(C(=O)CC(C)CC(=O)O)c2ccccc12. The van der Waals surface area contributed by atoms with E-state index in [4.69, 9.17) is 5.11 Å². The molecule has 0 amide bonds. The Labute approximate surface area is 118 Å². The van der Waals surface area contributed by atoms with Gasteiger partial charge in [0.25, 0.3) is 0 Å². The van der Waals surface area contributed by atoms with E-state index in [2.05, 4.69) is 0 Å². The lowest BCUT2D eigenvalue weighted by molar-refractivity contribution is -0.137. The van der Waals surface area contributed by atoms with Crippen LogP contribution in [0.4, 0.5) is 0 Å². The van der Waals surface area contributed by atoms with E-state index in [0.29, 0.717) is 5.56 Å². The van der Waals surface area contributed by atoms with Crippen molar-refractivity contribution in [2.75, 3.05) is 0 Å². The van der Waals surface area contributed by atoms with Crippen molar-refractivity contribution in [2.45, 2.75) is 26.7 Å². The van der Waals surface area contributed by atoms with E-state index in [0.717, 1.165) is 16.3 Å². The van der Waals surface area contributed by atoms with Crippen LogP contribution in [0, 0.1) is 12.8 Å². The molecule has 0 saturated heterocycles. The number of carboxylic acids is 1. The summed E-state index contributed by atoms with van der Waals surface area (Å²) in [5, 5.41) is 10.8. The second-order valence-corrected chi connectivity index (χ2v) is 5.31. The number of benzene rings is 2. The van der Waals surface area contributed by atoms with Gasteiger partial charge >= 0.3 is 5.97 Å². The number of Topliss-reactive ketones (excluding diaryl/α,β-unsaturated/α-hetero) is 1. The summed E-state index contributed by atoms with van der Waals surface area (Å²) in [4.78, 5) is 23.0. The number of aryl methyl sites for hydroxylation is 1. The van der Waals surface area contributed by atoms with E-state index in [1.807, 2.05) is 43.3 Å². The topological polar surface area (TPSA) is 54.4 Å². The van der Waals surface area contributed by atoms with Crippen LogP contribution in [0.5, 0.6) is 0 Å². The molecule has 104 valence electrons. The molecule has 2 rings (SSSR count). The molecule has 0 radical (unpaired) electrons. The first-order chi connectivity index (χ1) is 9.49. The van der Waals surface area contributed by atoms with Crippen LogP contribution in [0.25, 0.3) is 10.8 Å². The van der Waals surface area contributed by atoms with Gasteiger partial charge < -0.3 is 5.11 Å². The summed E-state index contributed by atoms with van der Waals surface area (Å²) in [7, 11) is 0. The van der Waals surface area contributed by atoms with E-state index >= 15 is 0 Å². The van der Waals surface area contributed by atoms with Gasteiger partial charge in [-0.3, -0.25) is 9.59 Å². The smallest absolute Gasteiger partial charge is 0.303 e. The fourth-order valence-electron chi connectivity index (χ4n) is 2.49. The van der Waals surface area contributed by atoms with Crippen molar-refractivity contribution < 1.29 is 14.7 Å². The second kappa shape index (κ2) is 5.87. The van der Waals surface area contributed by atoms with Crippen LogP contribution in [0.15, 0.2) is 36.4 Å². The van der Waals surface area contributed by atoms with Gasteiger partial charge in [0, 0.05) is 18.4 Å². The summed E-state index contributed by atoms with van der Waals surface area (Å²) in [6.07, 6.45) is 0.287. The second-order valence-electron chi connectivity index (χ2n) is 5.31. The largest absolute Gasteiger partial charge is 0.481 e. The van der Waals surface area contributed by atoms with E-state index in [1.54, 1.807) is 6.92 Å². The molecule has 20 heavy (non-hydrogen) atoms. The third-order valence-electron chi connectivity index (χ3n) is 3.50. The van der Waals surface area contributed by atoms with Crippen LogP contribution in [0.3, 0.4) is 0 Å². The molecule has 0 aliphatic carbocycles. The van der Waals surface area contributed by atoms with Crippen LogP contribution < -0.4 is 0 Å². The van der Waals surface area contributed by atoms with Crippen molar-refractivity contribution in [3.8, 4) is 0 Å². The minimum atomic E-state index is -0.862. The first kappa shape index (κ1) is 14.3. The lowest BCUT2D eigenvalue weighted by Crippen LogP contribution is -2.10. The number of aliphatic carboxylic acids is 1. The van der Waals surface area contributed by atoms with Gasteiger partial charge in [0.1, 0.15) is 0 Å². The number of carboxylic acid groups (broad SMARTS) is 1. The molecule has 0 bridgehead atoms. The summed E-state index contributed by atoms with van der Waals surface area (Å²) in [6, 6.07) is 11.6. The summed E-state index contributed by atoms with van der Waals surface area (Å²) in [5.41, 5.74) is 1.82. The molecule has 2 aromatic rings. The maximum Gasteiger partial charge on any atom is 0.303 e. The number of hydrogen-bond donors (Lipinski definition) is 1. The average Bonchev–Trinajstić information content (AvgIpc) is 2.38. The molecule has 0 saturated carbocycles. The summed E-state index contributed by atoms with van der Waals surface area (Å²) in [6.45, 7) is 3.81. The van der Waals surface area contributed by atoms with Crippen LogP contribution in [-0.4, -0.2) is 16.9 Å². The number of ketones is 1. The van der Waals surface area contributed by atoms with Crippen molar-refractivity contribution >= 4 is 22.5 Å². The molecule has 3 nitrogen and oxygen atoms in total. The van der Waals surface area contributed by atoms with Gasteiger partial charge in [0.05, 0.1) is 0 Å². The Morgan fingerprint density at radius 1 is 1.05 bits per heavy atom. The molecule has 0 aliphatic rings. The molecule has 0 aromatic heterocycles. The molecular weight excluding hydrogens is 252 g/mol. The fourth-order valence-corrected chi connectivity index (χ4v) is 2.49. The zero-order valence-electron chi connectivity index (χ0n) is 11.7. The Balaban J connectivity index is 2.31. The highest BCUT2D eigenvalue weighted by atomic mass is 16.4. The zero-order valence-corrected chi connectivity index (χ0v) is 11.7. The van der Waals surface area contributed by atoms with Gasteiger partial charge in [-0.2, -0.15) is 0 Å². The molecular formula is C17H18O3. The number of carbonyl (C=O) groups excluding carboxylic acids is 1. The predicted octanol–water partition coefficient (Wildman–Crippen LogP) is 3.83. The molecule has 1 atom stereocenters. The Morgan fingerprint density at radius 3 is 2.35 bits per heavy atom. The Morgan fingerprint density at radius 2 is 1.70 bits per heavy atom. The maximum atomic E-state index is 12.4. The molecule has 0 heterocycles. The minimum absolute atomic E-state index is 0.00921. The summed E-state index contributed by atoms with van der Waals surface area (Å²) < 4.78 is 0. The van der Waals surface area contributed by atoms with E-state index in [9.17, 15) is 9.59 Å². The highest BCUT2D eigenvalue weighted by molar-refractivity contribution is 6.08. The van der Waals surface area contributed by atoms with E-state index in [1.165, 1.54) is 0 Å². The third-order valence-corrected chi connectivity index (χ3v) is 3.50. The van der Waals surface area contributed by atoms with Crippen molar-refractivity contribution in [3.05, 3.63) is 47.5 Å². The monoisotopic (exact) mass is 270 g/mol. The summed E-state index contributed by atoms with van der Waals surface area (Å²) in [5.74, 6) is -1.01. The number of hydrogen-bond acceptors (Lipinski definition) is 2. The zero-order chi connectivity index (χ0) is 14.7. The normalized spacial score (nSPS) is 12.3. The van der Waals surface area contributed by atoms with Crippen LogP contribution in [-0.2, 0) is 4.79 Å².